The lowest BCUT2D eigenvalue weighted by Gasteiger charge is -2.22. The molecule has 0 amide bonds. The van der Waals surface area contributed by atoms with Gasteiger partial charge in [0, 0.05) is 36.9 Å². The number of pyridine rings is 1. The quantitative estimate of drug-likeness (QED) is 0.925. The van der Waals surface area contributed by atoms with Gasteiger partial charge in [-0.15, -0.1) is 0 Å². The van der Waals surface area contributed by atoms with Gasteiger partial charge in [-0.2, -0.15) is 0 Å². The molecule has 2 heterocycles. The first-order chi connectivity index (χ1) is 9.48. The predicted octanol–water partition coefficient (Wildman–Crippen LogP) is 2.05. The van der Waals surface area contributed by atoms with Crippen LogP contribution in [0.3, 0.4) is 0 Å². The van der Waals surface area contributed by atoms with Crippen LogP contribution >= 0.6 is 0 Å². The third-order valence-electron chi connectivity index (χ3n) is 2.99. The van der Waals surface area contributed by atoms with Gasteiger partial charge >= 0.3 is 0 Å². The van der Waals surface area contributed by atoms with Gasteiger partial charge in [-0.1, -0.05) is 6.07 Å². The van der Waals surface area contributed by atoms with Crippen LogP contribution in [0.25, 0.3) is 0 Å². The first-order valence-corrected chi connectivity index (χ1v) is 6.69. The molecule has 0 aliphatic heterocycles. The summed E-state index contributed by atoms with van der Waals surface area (Å²) in [4.78, 5) is 20.5. The molecule has 20 heavy (non-hydrogen) atoms. The van der Waals surface area contributed by atoms with Gasteiger partial charge in [0.15, 0.2) is 5.82 Å². The first kappa shape index (κ1) is 14.2. The number of hydrogen-bond donors (Lipinski definition) is 1. The minimum Gasteiger partial charge on any atom is -0.365 e. The Labute approximate surface area is 118 Å². The van der Waals surface area contributed by atoms with E-state index in [2.05, 4.69) is 15.3 Å². The Morgan fingerprint density at radius 1 is 1.30 bits per heavy atom. The van der Waals surface area contributed by atoms with Crippen LogP contribution in [0.4, 0.5) is 5.82 Å². The molecule has 0 bridgehead atoms. The molecule has 5 nitrogen and oxygen atoms in total. The lowest BCUT2D eigenvalue weighted by atomic mass is 10.1. The summed E-state index contributed by atoms with van der Waals surface area (Å²) in [5.74, 6) is 0.395. The van der Waals surface area contributed by atoms with E-state index in [0.717, 1.165) is 12.0 Å². The third kappa shape index (κ3) is 3.44. The summed E-state index contributed by atoms with van der Waals surface area (Å²) in [6.45, 7) is 6.64. The Morgan fingerprint density at radius 3 is 2.75 bits per heavy atom. The van der Waals surface area contributed by atoms with Crippen molar-refractivity contribution < 1.29 is 0 Å². The van der Waals surface area contributed by atoms with Gasteiger partial charge in [0.05, 0.1) is 0 Å². The molecular formula is C15H20N4O. The molecule has 0 aliphatic carbocycles. The van der Waals surface area contributed by atoms with Crippen molar-refractivity contribution in [1.82, 2.24) is 14.5 Å². The lowest BCUT2D eigenvalue weighted by Crippen LogP contribution is -2.35. The van der Waals surface area contributed by atoms with Gasteiger partial charge in [-0.3, -0.25) is 9.78 Å². The van der Waals surface area contributed by atoms with E-state index in [1.807, 2.05) is 39.1 Å². The number of hydrogen-bond acceptors (Lipinski definition) is 4. The van der Waals surface area contributed by atoms with Gasteiger partial charge in [0.2, 0.25) is 0 Å². The van der Waals surface area contributed by atoms with E-state index in [-0.39, 0.29) is 11.1 Å². The van der Waals surface area contributed by atoms with Crippen molar-refractivity contribution in [1.29, 1.82) is 0 Å². The van der Waals surface area contributed by atoms with Crippen LogP contribution in [0.5, 0.6) is 0 Å². The van der Waals surface area contributed by atoms with E-state index >= 15 is 0 Å². The number of aromatic nitrogens is 3. The van der Waals surface area contributed by atoms with E-state index < -0.39 is 0 Å². The van der Waals surface area contributed by atoms with Crippen molar-refractivity contribution in [3.63, 3.8) is 0 Å². The highest BCUT2D eigenvalue weighted by Gasteiger charge is 2.16. The Balaban J connectivity index is 2.06. The average molecular weight is 272 g/mol. The molecule has 2 aromatic heterocycles. The van der Waals surface area contributed by atoms with Crippen LogP contribution in [0.2, 0.25) is 0 Å². The van der Waals surface area contributed by atoms with E-state index in [1.165, 1.54) is 0 Å². The van der Waals surface area contributed by atoms with Crippen molar-refractivity contribution in [2.45, 2.75) is 32.7 Å². The van der Waals surface area contributed by atoms with Crippen molar-refractivity contribution >= 4 is 5.82 Å². The average Bonchev–Trinajstić information content (AvgIpc) is 2.40. The third-order valence-corrected chi connectivity index (χ3v) is 2.99. The van der Waals surface area contributed by atoms with Crippen molar-refractivity contribution in [3.8, 4) is 0 Å². The van der Waals surface area contributed by atoms with E-state index in [0.29, 0.717) is 12.4 Å². The molecule has 0 spiro atoms. The Bertz CT molecular complexity index is 614. The maximum absolute atomic E-state index is 12.3. The van der Waals surface area contributed by atoms with Crippen molar-refractivity contribution in [2.75, 3.05) is 11.9 Å². The smallest absolute Gasteiger partial charge is 0.293 e. The summed E-state index contributed by atoms with van der Waals surface area (Å²) in [5.41, 5.74) is 0.790. The van der Waals surface area contributed by atoms with Crippen LogP contribution in [-0.2, 0) is 12.0 Å². The molecule has 0 saturated carbocycles. The highest BCUT2D eigenvalue weighted by atomic mass is 16.1. The standard InChI is InChI=1S/C15H20N4O/c1-15(2,3)19-10-9-18-13(14(19)20)17-8-6-12-5-4-7-16-11-12/h4-5,7,9-11H,6,8H2,1-3H3,(H,17,18). The second-order valence-corrected chi connectivity index (χ2v) is 5.66. The summed E-state index contributed by atoms with van der Waals surface area (Å²) >= 11 is 0. The zero-order valence-corrected chi connectivity index (χ0v) is 12.1. The van der Waals surface area contributed by atoms with Crippen LogP contribution in [0, 0.1) is 0 Å². The van der Waals surface area contributed by atoms with E-state index in [1.54, 1.807) is 23.2 Å². The summed E-state index contributed by atoms with van der Waals surface area (Å²) in [7, 11) is 0. The fraction of sp³-hybridized carbons (Fsp3) is 0.400. The molecule has 5 heteroatoms. The Hall–Kier alpha value is -2.17. The van der Waals surface area contributed by atoms with Gasteiger partial charge < -0.3 is 9.88 Å². The van der Waals surface area contributed by atoms with Gasteiger partial charge in [0.25, 0.3) is 5.56 Å². The van der Waals surface area contributed by atoms with Gasteiger partial charge in [-0.25, -0.2) is 4.98 Å². The topological polar surface area (TPSA) is 59.8 Å². The van der Waals surface area contributed by atoms with Crippen molar-refractivity contribution in [3.05, 3.63) is 52.8 Å². The molecule has 0 radical (unpaired) electrons. The van der Waals surface area contributed by atoms with Gasteiger partial charge in [0.1, 0.15) is 0 Å². The maximum Gasteiger partial charge on any atom is 0.293 e. The number of anilines is 1. The monoisotopic (exact) mass is 272 g/mol. The number of rotatable bonds is 4. The molecule has 0 atom stereocenters. The normalized spacial score (nSPS) is 11.3. The zero-order valence-electron chi connectivity index (χ0n) is 12.1. The molecular weight excluding hydrogens is 252 g/mol. The molecule has 0 aromatic carbocycles. The zero-order chi connectivity index (χ0) is 14.6. The van der Waals surface area contributed by atoms with Crippen LogP contribution in [0.1, 0.15) is 26.3 Å². The molecule has 2 rings (SSSR count). The number of nitrogens with one attached hydrogen (secondary N) is 1. The lowest BCUT2D eigenvalue weighted by molar-refractivity contribution is 0.383. The molecule has 0 aliphatic rings. The molecule has 106 valence electrons. The van der Waals surface area contributed by atoms with Gasteiger partial charge in [-0.05, 0) is 38.8 Å². The second kappa shape index (κ2) is 5.86. The molecule has 1 N–H and O–H groups in total. The highest BCUT2D eigenvalue weighted by molar-refractivity contribution is 5.31. The SMILES string of the molecule is CC(C)(C)n1ccnc(NCCc2cccnc2)c1=O. The summed E-state index contributed by atoms with van der Waals surface area (Å²) in [5, 5.41) is 3.10. The predicted molar refractivity (Wildman–Crippen MR) is 79.9 cm³/mol. The summed E-state index contributed by atoms with van der Waals surface area (Å²) in [6, 6.07) is 3.92. The van der Waals surface area contributed by atoms with Crippen LogP contribution in [0.15, 0.2) is 41.7 Å². The fourth-order valence-corrected chi connectivity index (χ4v) is 1.93. The fourth-order valence-electron chi connectivity index (χ4n) is 1.93. The molecule has 2 aromatic rings. The Kier molecular flexibility index (Phi) is 4.17. The maximum atomic E-state index is 12.3. The second-order valence-electron chi connectivity index (χ2n) is 5.66. The van der Waals surface area contributed by atoms with Crippen LogP contribution < -0.4 is 10.9 Å². The van der Waals surface area contributed by atoms with Crippen LogP contribution in [-0.4, -0.2) is 21.1 Å². The van der Waals surface area contributed by atoms with E-state index in [9.17, 15) is 4.79 Å². The summed E-state index contributed by atoms with van der Waals surface area (Å²) in [6.07, 6.45) is 7.75. The number of nitrogens with zero attached hydrogens (tertiary/aromatic N) is 3. The summed E-state index contributed by atoms with van der Waals surface area (Å²) < 4.78 is 1.69. The Morgan fingerprint density at radius 2 is 2.10 bits per heavy atom. The molecule has 0 unspecified atom stereocenters. The molecule has 0 saturated heterocycles. The largest absolute Gasteiger partial charge is 0.365 e. The molecule has 0 fully saturated rings. The van der Waals surface area contributed by atoms with E-state index in [4.69, 9.17) is 0 Å². The first-order valence-electron chi connectivity index (χ1n) is 6.69. The highest BCUT2D eigenvalue weighted by Crippen LogP contribution is 2.10. The minimum absolute atomic E-state index is 0.0915. The van der Waals surface area contributed by atoms with Crippen molar-refractivity contribution in [2.24, 2.45) is 0 Å². The minimum atomic E-state index is -0.250.